The molecule has 2 aliphatic rings. The quantitative estimate of drug-likeness (QED) is 0.702. The van der Waals surface area contributed by atoms with Crippen molar-refractivity contribution in [3.05, 3.63) is 12.2 Å². The first kappa shape index (κ1) is 13.1. The van der Waals surface area contributed by atoms with Crippen LogP contribution in [0.15, 0.2) is 12.2 Å². The summed E-state index contributed by atoms with van der Waals surface area (Å²) in [7, 11) is 0. The summed E-state index contributed by atoms with van der Waals surface area (Å²) in [5.41, 5.74) is 0. The Bertz CT molecular complexity index is 348. The highest BCUT2D eigenvalue weighted by molar-refractivity contribution is 5.93. The van der Waals surface area contributed by atoms with Crippen LogP contribution in [0.2, 0.25) is 0 Å². The van der Waals surface area contributed by atoms with Gasteiger partial charge >= 0.3 is 0 Å². The van der Waals surface area contributed by atoms with Crippen LogP contribution in [-0.4, -0.2) is 60.4 Å². The number of hydrogen-bond donors (Lipinski definition) is 1. The molecule has 18 heavy (non-hydrogen) atoms. The molecule has 5 nitrogen and oxygen atoms in total. The fourth-order valence-corrected chi connectivity index (χ4v) is 2.62. The summed E-state index contributed by atoms with van der Waals surface area (Å²) in [6.45, 7) is 5.72. The number of nitrogens with one attached hydrogen (secondary N) is 1. The number of rotatable bonds is 2. The molecule has 5 heteroatoms. The van der Waals surface area contributed by atoms with Crippen LogP contribution in [-0.2, 0) is 9.59 Å². The lowest BCUT2D eigenvalue weighted by Gasteiger charge is -2.32. The molecule has 0 spiro atoms. The molecular formula is C13H21N3O2. The summed E-state index contributed by atoms with van der Waals surface area (Å²) in [5.74, 6) is 0.0790. The van der Waals surface area contributed by atoms with Gasteiger partial charge in [0, 0.05) is 32.7 Å². The highest BCUT2D eigenvalue weighted by atomic mass is 16.2. The lowest BCUT2D eigenvalue weighted by molar-refractivity contribution is -0.142. The second kappa shape index (κ2) is 6.00. The first-order valence-corrected chi connectivity index (χ1v) is 6.67. The van der Waals surface area contributed by atoms with Gasteiger partial charge < -0.3 is 15.1 Å². The molecule has 0 aromatic carbocycles. The van der Waals surface area contributed by atoms with Gasteiger partial charge in [-0.2, -0.15) is 0 Å². The molecule has 2 saturated heterocycles. The van der Waals surface area contributed by atoms with Crippen LogP contribution < -0.4 is 5.32 Å². The predicted molar refractivity (Wildman–Crippen MR) is 69.0 cm³/mol. The molecule has 2 heterocycles. The number of piperazine rings is 1. The van der Waals surface area contributed by atoms with Crippen LogP contribution in [0, 0.1) is 0 Å². The Morgan fingerprint density at radius 3 is 2.61 bits per heavy atom. The van der Waals surface area contributed by atoms with E-state index in [9.17, 15) is 9.59 Å². The Morgan fingerprint density at radius 1 is 1.22 bits per heavy atom. The summed E-state index contributed by atoms with van der Waals surface area (Å²) in [5, 5.41) is 3.23. The molecule has 0 aromatic rings. The molecule has 2 amide bonds. The molecule has 0 aliphatic carbocycles. The Morgan fingerprint density at radius 2 is 1.94 bits per heavy atom. The zero-order valence-electron chi connectivity index (χ0n) is 10.9. The normalized spacial score (nSPS) is 24.8. The van der Waals surface area contributed by atoms with Gasteiger partial charge in [-0.25, -0.2) is 0 Å². The molecule has 0 radical (unpaired) electrons. The molecular weight excluding hydrogens is 230 g/mol. The lowest BCUT2D eigenvalue weighted by atomic mass is 10.1. The maximum Gasteiger partial charge on any atom is 0.246 e. The molecule has 0 saturated carbocycles. The minimum Gasteiger partial charge on any atom is -0.338 e. The molecule has 1 unspecified atom stereocenters. The summed E-state index contributed by atoms with van der Waals surface area (Å²) < 4.78 is 0. The first-order chi connectivity index (χ1) is 8.74. The van der Waals surface area contributed by atoms with Crippen molar-refractivity contribution in [2.24, 2.45) is 0 Å². The topological polar surface area (TPSA) is 52.7 Å². The maximum absolute atomic E-state index is 12.4. The van der Waals surface area contributed by atoms with Crippen molar-refractivity contribution in [1.29, 1.82) is 0 Å². The smallest absolute Gasteiger partial charge is 0.246 e. The van der Waals surface area contributed by atoms with E-state index in [1.807, 2.05) is 11.8 Å². The van der Waals surface area contributed by atoms with Crippen LogP contribution in [0.5, 0.6) is 0 Å². The molecule has 1 atom stereocenters. The van der Waals surface area contributed by atoms with Crippen molar-refractivity contribution in [2.45, 2.75) is 25.8 Å². The summed E-state index contributed by atoms with van der Waals surface area (Å²) in [6, 6.07) is -0.244. The van der Waals surface area contributed by atoms with Crippen LogP contribution in [0.4, 0.5) is 0 Å². The van der Waals surface area contributed by atoms with E-state index in [-0.39, 0.29) is 17.9 Å². The number of likely N-dealkylation sites (tertiary alicyclic amines) is 1. The van der Waals surface area contributed by atoms with Crippen LogP contribution >= 0.6 is 0 Å². The fraction of sp³-hybridized carbons (Fsp3) is 0.692. The molecule has 2 fully saturated rings. The molecule has 100 valence electrons. The summed E-state index contributed by atoms with van der Waals surface area (Å²) >= 11 is 0. The Kier molecular flexibility index (Phi) is 4.36. The van der Waals surface area contributed by atoms with Gasteiger partial charge in [-0.1, -0.05) is 6.08 Å². The van der Waals surface area contributed by atoms with Crippen molar-refractivity contribution in [3.63, 3.8) is 0 Å². The standard InChI is InChI=1S/C13H21N3O2/c1-2-4-12(17)16-8-3-5-11(16)13(18)15-9-6-14-7-10-15/h2,4,11,14H,3,5-10H2,1H3/b4-2+. The van der Waals surface area contributed by atoms with Gasteiger partial charge in [0.25, 0.3) is 0 Å². The Balaban J connectivity index is 2.01. The van der Waals surface area contributed by atoms with E-state index in [0.717, 1.165) is 39.0 Å². The number of amides is 2. The van der Waals surface area contributed by atoms with Crippen molar-refractivity contribution in [2.75, 3.05) is 32.7 Å². The lowest BCUT2D eigenvalue weighted by Crippen LogP contribution is -2.53. The zero-order valence-corrected chi connectivity index (χ0v) is 10.9. The minimum atomic E-state index is -0.244. The van der Waals surface area contributed by atoms with Crippen molar-refractivity contribution >= 4 is 11.8 Å². The van der Waals surface area contributed by atoms with Crippen molar-refractivity contribution in [3.8, 4) is 0 Å². The third-order valence-corrected chi connectivity index (χ3v) is 3.56. The van der Waals surface area contributed by atoms with E-state index in [0.29, 0.717) is 6.54 Å². The van der Waals surface area contributed by atoms with E-state index in [4.69, 9.17) is 0 Å². The van der Waals surface area contributed by atoms with Crippen LogP contribution in [0.3, 0.4) is 0 Å². The van der Waals surface area contributed by atoms with Gasteiger partial charge in [-0.15, -0.1) is 0 Å². The van der Waals surface area contributed by atoms with Gasteiger partial charge in [0.2, 0.25) is 11.8 Å². The van der Waals surface area contributed by atoms with E-state index in [2.05, 4.69) is 5.32 Å². The number of carbonyl (C=O) groups is 2. The number of allylic oxidation sites excluding steroid dienone is 1. The van der Waals surface area contributed by atoms with E-state index in [1.165, 1.54) is 0 Å². The first-order valence-electron chi connectivity index (χ1n) is 6.67. The van der Waals surface area contributed by atoms with Gasteiger partial charge in [-0.05, 0) is 25.8 Å². The highest BCUT2D eigenvalue weighted by Crippen LogP contribution is 2.20. The summed E-state index contributed by atoms with van der Waals surface area (Å²) in [6.07, 6.45) is 4.99. The van der Waals surface area contributed by atoms with Gasteiger partial charge in [0.05, 0.1) is 0 Å². The number of carbonyl (C=O) groups excluding carboxylic acids is 2. The SMILES string of the molecule is C/C=C/C(=O)N1CCCC1C(=O)N1CCNCC1. The second-order valence-corrected chi connectivity index (χ2v) is 4.76. The van der Waals surface area contributed by atoms with Gasteiger partial charge in [-0.3, -0.25) is 9.59 Å². The molecule has 1 N–H and O–H groups in total. The molecule has 2 aliphatic heterocycles. The van der Waals surface area contributed by atoms with E-state index in [1.54, 1.807) is 17.1 Å². The summed E-state index contributed by atoms with van der Waals surface area (Å²) in [4.78, 5) is 27.9. The van der Waals surface area contributed by atoms with Crippen LogP contribution in [0.25, 0.3) is 0 Å². The Hall–Kier alpha value is -1.36. The largest absolute Gasteiger partial charge is 0.338 e. The maximum atomic E-state index is 12.4. The molecule has 0 aromatic heterocycles. The van der Waals surface area contributed by atoms with Crippen LogP contribution in [0.1, 0.15) is 19.8 Å². The monoisotopic (exact) mass is 251 g/mol. The van der Waals surface area contributed by atoms with Gasteiger partial charge in [0.15, 0.2) is 0 Å². The molecule has 0 bridgehead atoms. The van der Waals surface area contributed by atoms with Crippen molar-refractivity contribution in [1.82, 2.24) is 15.1 Å². The third kappa shape index (κ3) is 2.72. The average molecular weight is 251 g/mol. The van der Waals surface area contributed by atoms with Crippen molar-refractivity contribution < 1.29 is 9.59 Å². The second-order valence-electron chi connectivity index (χ2n) is 4.76. The van der Waals surface area contributed by atoms with E-state index >= 15 is 0 Å². The highest BCUT2D eigenvalue weighted by Gasteiger charge is 2.35. The predicted octanol–water partition coefficient (Wildman–Crippen LogP) is -0.0147. The minimum absolute atomic E-state index is 0.0384. The molecule has 2 rings (SSSR count). The van der Waals surface area contributed by atoms with Gasteiger partial charge in [0.1, 0.15) is 6.04 Å². The van der Waals surface area contributed by atoms with E-state index < -0.39 is 0 Å². The number of hydrogen-bond acceptors (Lipinski definition) is 3. The third-order valence-electron chi connectivity index (χ3n) is 3.56. The fourth-order valence-electron chi connectivity index (χ4n) is 2.62. The average Bonchev–Trinajstić information content (AvgIpc) is 2.88. The zero-order chi connectivity index (χ0) is 13.0. The number of nitrogens with zero attached hydrogens (tertiary/aromatic N) is 2. The Labute approximate surface area is 108 Å².